The van der Waals surface area contributed by atoms with E-state index in [0.717, 1.165) is 46.6 Å². The van der Waals surface area contributed by atoms with Crippen LogP contribution in [0.5, 0.6) is 0 Å². The Labute approximate surface area is 209 Å². The van der Waals surface area contributed by atoms with Crippen LogP contribution in [0.15, 0.2) is 42.7 Å². The van der Waals surface area contributed by atoms with E-state index in [-0.39, 0.29) is 5.95 Å². The summed E-state index contributed by atoms with van der Waals surface area (Å²) in [6, 6.07) is 9.00. The molecule has 2 aliphatic rings. The van der Waals surface area contributed by atoms with E-state index in [4.69, 9.17) is 16.3 Å². The molecule has 1 aromatic carbocycles. The molecule has 0 saturated carbocycles. The first-order chi connectivity index (χ1) is 17.4. The number of morpholine rings is 1. The van der Waals surface area contributed by atoms with Crippen LogP contribution in [0.4, 0.5) is 24.9 Å². The van der Waals surface area contributed by atoms with Gasteiger partial charge in [-0.1, -0.05) is 17.7 Å². The number of H-pyrrole nitrogens is 1. The summed E-state index contributed by atoms with van der Waals surface area (Å²) in [6.45, 7) is 3.17. The zero-order valence-corrected chi connectivity index (χ0v) is 19.7. The molecule has 1 fully saturated rings. The number of aromatic amines is 1. The molecule has 4 aromatic rings. The average Bonchev–Trinajstić information content (AvgIpc) is 3.26. The molecular weight excluding hydrogens is 495 g/mol. The van der Waals surface area contributed by atoms with Gasteiger partial charge in [-0.3, -0.25) is 0 Å². The number of aromatic nitrogens is 5. The zero-order valence-electron chi connectivity index (χ0n) is 19.0. The van der Waals surface area contributed by atoms with Gasteiger partial charge in [0, 0.05) is 47.5 Å². The molecular formula is C24H21ClF3N7O. The lowest BCUT2D eigenvalue weighted by Gasteiger charge is -2.36. The molecule has 5 heterocycles. The van der Waals surface area contributed by atoms with Gasteiger partial charge in [0.15, 0.2) is 5.69 Å². The Kier molecular flexibility index (Phi) is 5.68. The largest absolute Gasteiger partial charge is 0.435 e. The normalized spacial score (nSPS) is 18.5. The summed E-state index contributed by atoms with van der Waals surface area (Å²) in [5.41, 5.74) is 2.52. The topological polar surface area (TPSA) is 83.1 Å². The van der Waals surface area contributed by atoms with Crippen LogP contribution in [0.1, 0.15) is 28.6 Å². The first-order valence-corrected chi connectivity index (χ1v) is 11.9. The lowest BCUT2D eigenvalue weighted by molar-refractivity contribution is -0.141. The highest BCUT2D eigenvalue weighted by molar-refractivity contribution is 6.31. The Morgan fingerprint density at radius 3 is 2.64 bits per heavy atom. The van der Waals surface area contributed by atoms with Gasteiger partial charge < -0.3 is 19.5 Å². The van der Waals surface area contributed by atoms with Crippen molar-refractivity contribution in [1.82, 2.24) is 25.1 Å². The number of hydrogen-bond donors (Lipinski definition) is 1. The van der Waals surface area contributed by atoms with Crippen molar-refractivity contribution in [3.05, 3.63) is 70.3 Å². The number of nitrogens with one attached hydrogen (secondary N) is 1. The van der Waals surface area contributed by atoms with E-state index in [2.05, 4.69) is 30.0 Å². The Morgan fingerprint density at radius 1 is 1.06 bits per heavy atom. The molecule has 1 saturated heterocycles. The van der Waals surface area contributed by atoms with Crippen molar-refractivity contribution in [3.8, 4) is 0 Å². The maximum Gasteiger partial charge on any atom is 0.435 e. The number of nitrogens with zero attached hydrogens (tertiary/aromatic N) is 6. The van der Waals surface area contributed by atoms with Gasteiger partial charge >= 0.3 is 6.18 Å². The summed E-state index contributed by atoms with van der Waals surface area (Å²) >= 11 is 6.26. The highest BCUT2D eigenvalue weighted by atomic mass is 35.5. The number of benzene rings is 1. The van der Waals surface area contributed by atoms with Gasteiger partial charge in [0.05, 0.1) is 25.5 Å². The molecule has 1 unspecified atom stereocenters. The van der Waals surface area contributed by atoms with Crippen LogP contribution in [0.3, 0.4) is 0 Å². The van der Waals surface area contributed by atoms with E-state index in [9.17, 15) is 13.2 Å². The minimum atomic E-state index is -4.62. The molecule has 6 rings (SSSR count). The average molecular weight is 516 g/mol. The van der Waals surface area contributed by atoms with Gasteiger partial charge in [0.25, 0.3) is 0 Å². The van der Waals surface area contributed by atoms with Gasteiger partial charge in [-0.05, 0) is 41.8 Å². The van der Waals surface area contributed by atoms with E-state index in [1.54, 1.807) is 17.2 Å². The molecule has 3 aromatic heterocycles. The fourth-order valence-corrected chi connectivity index (χ4v) is 5.09. The molecule has 0 amide bonds. The summed E-state index contributed by atoms with van der Waals surface area (Å²) in [7, 11) is 0. The molecule has 1 atom stereocenters. The summed E-state index contributed by atoms with van der Waals surface area (Å²) in [5.74, 6) is 0.736. The standard InChI is InChI=1S/C24H21ClF3N7O/c25-15-2-3-18-17(11-15)16-5-6-35(23-32-19(13-30-33-23)24(26,27)28)22(21(16)31-18)14-1-4-20(29-12-14)34-7-9-36-10-8-34/h1-4,11-13,22,31H,5-10H2. The minimum absolute atomic E-state index is 0.0885. The molecule has 36 heavy (non-hydrogen) atoms. The summed E-state index contributed by atoms with van der Waals surface area (Å²) in [4.78, 5) is 15.8. The van der Waals surface area contributed by atoms with E-state index >= 15 is 0 Å². The van der Waals surface area contributed by atoms with Crippen molar-refractivity contribution in [2.45, 2.75) is 18.6 Å². The van der Waals surface area contributed by atoms with Crippen molar-refractivity contribution >= 4 is 34.3 Å². The van der Waals surface area contributed by atoms with Gasteiger partial charge in [-0.15, -0.1) is 5.10 Å². The lowest BCUT2D eigenvalue weighted by atomic mass is 9.93. The van der Waals surface area contributed by atoms with Crippen LogP contribution in [0.2, 0.25) is 5.02 Å². The molecule has 12 heteroatoms. The number of alkyl halides is 3. The second-order valence-electron chi connectivity index (χ2n) is 8.74. The SMILES string of the molecule is FC(F)(F)c1cnnc(N2CCc3c([nH]c4ccc(Cl)cc34)C2c2ccc(N3CCOCC3)nc2)n1. The van der Waals surface area contributed by atoms with E-state index in [1.165, 1.54) is 0 Å². The number of anilines is 2. The van der Waals surface area contributed by atoms with E-state index < -0.39 is 17.9 Å². The molecule has 8 nitrogen and oxygen atoms in total. The quantitative estimate of drug-likeness (QED) is 0.433. The molecule has 1 N–H and O–H groups in total. The van der Waals surface area contributed by atoms with Crippen molar-refractivity contribution in [2.75, 3.05) is 42.6 Å². The second kappa shape index (κ2) is 8.90. The zero-order chi connectivity index (χ0) is 24.9. The van der Waals surface area contributed by atoms with Gasteiger partial charge in [-0.2, -0.15) is 18.3 Å². The Balaban J connectivity index is 1.45. The van der Waals surface area contributed by atoms with Gasteiger partial charge in [0.1, 0.15) is 5.82 Å². The summed E-state index contributed by atoms with van der Waals surface area (Å²) in [6.07, 6.45) is -1.65. The Bertz CT molecular complexity index is 1400. The summed E-state index contributed by atoms with van der Waals surface area (Å²) < 4.78 is 45.6. The third kappa shape index (κ3) is 4.11. The Morgan fingerprint density at radius 2 is 1.89 bits per heavy atom. The number of ether oxygens (including phenoxy) is 1. The van der Waals surface area contributed by atoms with Gasteiger partial charge in [0.2, 0.25) is 5.95 Å². The van der Waals surface area contributed by atoms with Crippen LogP contribution in [-0.4, -0.2) is 58.0 Å². The number of hydrogen-bond acceptors (Lipinski definition) is 7. The monoisotopic (exact) mass is 515 g/mol. The Hall–Kier alpha value is -3.44. The third-order valence-electron chi connectivity index (χ3n) is 6.61. The minimum Gasteiger partial charge on any atom is -0.378 e. The molecule has 186 valence electrons. The van der Waals surface area contributed by atoms with Crippen LogP contribution in [-0.2, 0) is 17.3 Å². The number of halogens is 4. The van der Waals surface area contributed by atoms with Crippen LogP contribution >= 0.6 is 11.6 Å². The molecule has 0 aliphatic carbocycles. The van der Waals surface area contributed by atoms with Crippen molar-refractivity contribution < 1.29 is 17.9 Å². The predicted octanol–water partition coefficient (Wildman–Crippen LogP) is 4.41. The van der Waals surface area contributed by atoms with Gasteiger partial charge in [-0.25, -0.2) is 9.97 Å². The first kappa shape index (κ1) is 23.0. The maximum atomic E-state index is 13.4. The fraction of sp³-hybridized carbons (Fsp3) is 0.333. The van der Waals surface area contributed by atoms with Crippen molar-refractivity contribution in [3.63, 3.8) is 0 Å². The lowest BCUT2D eigenvalue weighted by Crippen LogP contribution is -2.38. The third-order valence-corrected chi connectivity index (χ3v) is 6.84. The van der Waals surface area contributed by atoms with E-state index in [0.29, 0.717) is 37.4 Å². The van der Waals surface area contributed by atoms with Crippen molar-refractivity contribution in [2.24, 2.45) is 0 Å². The molecule has 0 bridgehead atoms. The molecule has 0 radical (unpaired) electrons. The predicted molar refractivity (Wildman–Crippen MR) is 128 cm³/mol. The van der Waals surface area contributed by atoms with Crippen molar-refractivity contribution in [1.29, 1.82) is 0 Å². The molecule has 0 spiro atoms. The first-order valence-electron chi connectivity index (χ1n) is 11.5. The summed E-state index contributed by atoms with van der Waals surface area (Å²) in [5, 5.41) is 9.18. The number of fused-ring (bicyclic) bond motifs is 3. The number of pyridine rings is 1. The van der Waals surface area contributed by atoms with Crippen LogP contribution < -0.4 is 9.80 Å². The van der Waals surface area contributed by atoms with Crippen LogP contribution in [0, 0.1) is 0 Å². The number of rotatable bonds is 3. The van der Waals surface area contributed by atoms with E-state index in [1.807, 2.05) is 24.3 Å². The fourth-order valence-electron chi connectivity index (χ4n) is 4.91. The second-order valence-corrected chi connectivity index (χ2v) is 9.18. The smallest absolute Gasteiger partial charge is 0.378 e. The van der Waals surface area contributed by atoms with Crippen LogP contribution in [0.25, 0.3) is 10.9 Å². The molecule has 2 aliphatic heterocycles. The highest BCUT2D eigenvalue weighted by Gasteiger charge is 2.37. The maximum absolute atomic E-state index is 13.4. The highest BCUT2D eigenvalue weighted by Crippen LogP contribution is 2.41.